The summed E-state index contributed by atoms with van der Waals surface area (Å²) in [5, 5.41) is 17.5. The SMILES string of the molecule is CN(CCCNC(=NCc1ccc([N+](=O)[O-])cc1)NCc1ccccn1)c1ccccc1. The van der Waals surface area contributed by atoms with Crippen LogP contribution in [0.2, 0.25) is 0 Å². The zero-order valence-electron chi connectivity index (χ0n) is 18.1. The van der Waals surface area contributed by atoms with Crippen LogP contribution in [0.1, 0.15) is 17.7 Å². The minimum Gasteiger partial charge on any atom is -0.375 e. The molecule has 8 nitrogen and oxygen atoms in total. The Balaban J connectivity index is 1.55. The zero-order valence-corrected chi connectivity index (χ0v) is 18.1. The van der Waals surface area contributed by atoms with Gasteiger partial charge in [-0.2, -0.15) is 0 Å². The molecule has 0 saturated carbocycles. The smallest absolute Gasteiger partial charge is 0.269 e. The number of aromatic nitrogens is 1. The summed E-state index contributed by atoms with van der Waals surface area (Å²) in [4.78, 5) is 21.6. The molecular weight excluding hydrogens is 404 g/mol. The molecule has 0 aliphatic heterocycles. The number of hydrogen-bond acceptors (Lipinski definition) is 5. The molecule has 0 fully saturated rings. The van der Waals surface area contributed by atoms with Gasteiger partial charge in [-0.05, 0) is 36.2 Å². The van der Waals surface area contributed by atoms with Crippen LogP contribution >= 0.6 is 0 Å². The van der Waals surface area contributed by atoms with E-state index in [9.17, 15) is 10.1 Å². The second kappa shape index (κ2) is 12.0. The predicted octanol–water partition coefficient (Wildman–Crippen LogP) is 3.75. The maximum absolute atomic E-state index is 10.8. The van der Waals surface area contributed by atoms with E-state index >= 15 is 0 Å². The second-order valence-corrected chi connectivity index (χ2v) is 7.30. The normalized spacial score (nSPS) is 11.1. The molecule has 8 heteroatoms. The summed E-state index contributed by atoms with van der Waals surface area (Å²) in [5.41, 5.74) is 3.08. The number of non-ortho nitro benzene ring substituents is 1. The number of hydrogen-bond donors (Lipinski definition) is 2. The van der Waals surface area contributed by atoms with E-state index in [-0.39, 0.29) is 5.69 Å². The van der Waals surface area contributed by atoms with E-state index < -0.39 is 4.92 Å². The van der Waals surface area contributed by atoms with Crippen LogP contribution in [0.4, 0.5) is 11.4 Å². The van der Waals surface area contributed by atoms with Crippen molar-refractivity contribution in [1.29, 1.82) is 0 Å². The Hall–Kier alpha value is -3.94. The Labute approximate surface area is 188 Å². The monoisotopic (exact) mass is 432 g/mol. The molecule has 3 aromatic rings. The van der Waals surface area contributed by atoms with Gasteiger partial charge in [0.2, 0.25) is 0 Å². The van der Waals surface area contributed by atoms with Crippen molar-refractivity contribution < 1.29 is 4.92 Å². The molecule has 0 radical (unpaired) electrons. The van der Waals surface area contributed by atoms with Gasteiger partial charge in [0, 0.05) is 44.2 Å². The Morgan fingerprint density at radius 2 is 1.78 bits per heavy atom. The van der Waals surface area contributed by atoms with Gasteiger partial charge in [-0.25, -0.2) is 4.99 Å². The number of aliphatic imine (C=N–C) groups is 1. The first-order chi connectivity index (χ1) is 15.6. The summed E-state index contributed by atoms with van der Waals surface area (Å²) in [5.74, 6) is 0.677. The summed E-state index contributed by atoms with van der Waals surface area (Å²) >= 11 is 0. The van der Waals surface area contributed by atoms with E-state index in [1.807, 2.05) is 36.4 Å². The predicted molar refractivity (Wildman–Crippen MR) is 128 cm³/mol. The number of anilines is 1. The number of nitro benzene ring substituents is 1. The fourth-order valence-corrected chi connectivity index (χ4v) is 3.08. The van der Waals surface area contributed by atoms with Gasteiger partial charge >= 0.3 is 0 Å². The lowest BCUT2D eigenvalue weighted by Crippen LogP contribution is -2.38. The molecule has 0 unspecified atom stereocenters. The van der Waals surface area contributed by atoms with Crippen LogP contribution in [0.25, 0.3) is 0 Å². The van der Waals surface area contributed by atoms with Crippen molar-refractivity contribution in [2.24, 2.45) is 4.99 Å². The van der Waals surface area contributed by atoms with Crippen molar-refractivity contribution in [2.75, 3.05) is 25.0 Å². The highest BCUT2D eigenvalue weighted by Crippen LogP contribution is 2.13. The van der Waals surface area contributed by atoms with Crippen molar-refractivity contribution in [1.82, 2.24) is 15.6 Å². The van der Waals surface area contributed by atoms with Gasteiger partial charge in [0.15, 0.2) is 5.96 Å². The number of guanidine groups is 1. The maximum Gasteiger partial charge on any atom is 0.269 e. The van der Waals surface area contributed by atoms with Crippen LogP contribution in [0.5, 0.6) is 0 Å². The lowest BCUT2D eigenvalue weighted by Gasteiger charge is -2.19. The van der Waals surface area contributed by atoms with E-state index in [2.05, 4.69) is 44.7 Å². The molecule has 0 amide bonds. The minimum atomic E-state index is -0.402. The summed E-state index contributed by atoms with van der Waals surface area (Å²) < 4.78 is 0. The molecule has 1 heterocycles. The van der Waals surface area contributed by atoms with Gasteiger partial charge in [-0.3, -0.25) is 15.1 Å². The number of rotatable bonds is 10. The van der Waals surface area contributed by atoms with E-state index in [1.165, 1.54) is 17.8 Å². The molecule has 0 aliphatic carbocycles. The fourth-order valence-electron chi connectivity index (χ4n) is 3.08. The van der Waals surface area contributed by atoms with Crippen molar-refractivity contribution in [3.8, 4) is 0 Å². The number of nitrogens with one attached hydrogen (secondary N) is 2. The number of nitro groups is 1. The van der Waals surface area contributed by atoms with Gasteiger partial charge in [-0.1, -0.05) is 36.4 Å². The first-order valence-corrected chi connectivity index (χ1v) is 10.5. The van der Waals surface area contributed by atoms with Crippen molar-refractivity contribution >= 4 is 17.3 Å². The number of para-hydroxylation sites is 1. The van der Waals surface area contributed by atoms with E-state index in [1.54, 1.807) is 18.3 Å². The Morgan fingerprint density at radius 3 is 2.47 bits per heavy atom. The minimum absolute atomic E-state index is 0.0758. The maximum atomic E-state index is 10.8. The molecule has 1 aromatic heterocycles. The van der Waals surface area contributed by atoms with Gasteiger partial charge in [0.25, 0.3) is 5.69 Å². The van der Waals surface area contributed by atoms with E-state index in [0.29, 0.717) is 19.0 Å². The molecule has 0 bridgehead atoms. The Morgan fingerprint density at radius 1 is 1.03 bits per heavy atom. The Bertz CT molecular complexity index is 994. The van der Waals surface area contributed by atoms with Gasteiger partial charge in [0.05, 0.1) is 23.7 Å². The standard InChI is InChI=1S/C24H28N6O2/c1-29(22-9-3-2-4-10-22)17-7-16-26-24(28-19-21-8-5-6-15-25-21)27-18-20-11-13-23(14-12-20)30(31)32/h2-6,8-15H,7,16-19H2,1H3,(H2,26,27,28). The highest BCUT2D eigenvalue weighted by Gasteiger charge is 2.05. The third-order valence-electron chi connectivity index (χ3n) is 4.89. The summed E-state index contributed by atoms with van der Waals surface area (Å²) in [6.07, 6.45) is 2.70. The first-order valence-electron chi connectivity index (χ1n) is 10.5. The molecule has 2 aromatic carbocycles. The molecule has 0 aliphatic rings. The van der Waals surface area contributed by atoms with E-state index in [0.717, 1.165) is 30.8 Å². The average Bonchev–Trinajstić information content (AvgIpc) is 2.84. The van der Waals surface area contributed by atoms with Crippen LogP contribution in [0.3, 0.4) is 0 Å². The summed E-state index contributed by atoms with van der Waals surface area (Å²) in [7, 11) is 2.08. The second-order valence-electron chi connectivity index (χ2n) is 7.30. The molecule has 0 spiro atoms. The van der Waals surface area contributed by atoms with Gasteiger partial charge < -0.3 is 15.5 Å². The molecular formula is C24H28N6O2. The van der Waals surface area contributed by atoms with Crippen molar-refractivity contribution in [2.45, 2.75) is 19.5 Å². The molecule has 0 saturated heterocycles. The molecule has 2 N–H and O–H groups in total. The average molecular weight is 433 g/mol. The first kappa shape index (κ1) is 22.7. The van der Waals surface area contributed by atoms with Gasteiger partial charge in [-0.15, -0.1) is 0 Å². The number of pyridine rings is 1. The summed E-state index contributed by atoms with van der Waals surface area (Å²) in [6, 6.07) is 22.5. The third-order valence-corrected chi connectivity index (χ3v) is 4.89. The van der Waals surface area contributed by atoms with Crippen LogP contribution in [-0.4, -0.2) is 36.0 Å². The molecule has 166 valence electrons. The highest BCUT2D eigenvalue weighted by molar-refractivity contribution is 5.79. The quantitative estimate of drug-likeness (QED) is 0.167. The van der Waals surface area contributed by atoms with Crippen LogP contribution in [0, 0.1) is 10.1 Å². The Kier molecular flexibility index (Phi) is 8.56. The molecule has 3 rings (SSSR count). The van der Waals surface area contributed by atoms with Crippen LogP contribution in [-0.2, 0) is 13.1 Å². The number of benzene rings is 2. The fraction of sp³-hybridized carbons (Fsp3) is 0.250. The molecule has 0 atom stereocenters. The lowest BCUT2D eigenvalue weighted by atomic mass is 10.2. The largest absolute Gasteiger partial charge is 0.375 e. The zero-order chi connectivity index (χ0) is 22.6. The van der Waals surface area contributed by atoms with E-state index in [4.69, 9.17) is 0 Å². The molecule has 32 heavy (non-hydrogen) atoms. The third kappa shape index (κ3) is 7.39. The van der Waals surface area contributed by atoms with Crippen LogP contribution < -0.4 is 15.5 Å². The highest BCUT2D eigenvalue weighted by atomic mass is 16.6. The van der Waals surface area contributed by atoms with Crippen LogP contribution in [0.15, 0.2) is 84.0 Å². The number of nitrogens with zero attached hydrogens (tertiary/aromatic N) is 4. The van der Waals surface area contributed by atoms with Gasteiger partial charge in [0.1, 0.15) is 0 Å². The topological polar surface area (TPSA) is 95.7 Å². The van der Waals surface area contributed by atoms with Crippen molar-refractivity contribution in [3.63, 3.8) is 0 Å². The van der Waals surface area contributed by atoms with Crippen molar-refractivity contribution in [3.05, 3.63) is 100 Å². The summed E-state index contributed by atoms with van der Waals surface area (Å²) in [6.45, 7) is 2.63. The lowest BCUT2D eigenvalue weighted by molar-refractivity contribution is -0.384.